The molecule has 0 aromatic heterocycles. The molecule has 164 valence electrons. The van der Waals surface area contributed by atoms with Gasteiger partial charge in [-0.15, -0.1) is 0 Å². The number of aliphatic hydroxyl groups excluding tert-OH is 1. The van der Waals surface area contributed by atoms with Gasteiger partial charge in [-0.2, -0.15) is 0 Å². The quantitative estimate of drug-likeness (QED) is 0.512. The number of hydrogen-bond donors (Lipinski definition) is 3. The van der Waals surface area contributed by atoms with E-state index < -0.39 is 17.8 Å². The molecule has 0 bridgehead atoms. The summed E-state index contributed by atoms with van der Waals surface area (Å²) in [4.78, 5) is 24.2. The molecule has 1 aliphatic carbocycles. The lowest BCUT2D eigenvalue weighted by Gasteiger charge is -2.32. The molecule has 0 saturated heterocycles. The first-order valence-electron chi connectivity index (χ1n) is 11.1. The summed E-state index contributed by atoms with van der Waals surface area (Å²) in [6.45, 7) is 9.43. The van der Waals surface area contributed by atoms with Gasteiger partial charge < -0.3 is 20.5 Å². The van der Waals surface area contributed by atoms with Crippen molar-refractivity contribution in [3.8, 4) is 0 Å². The normalized spacial score (nSPS) is 18.8. The van der Waals surface area contributed by atoms with E-state index >= 15 is 0 Å². The van der Waals surface area contributed by atoms with E-state index in [-0.39, 0.29) is 18.0 Å². The molecule has 6 heteroatoms. The largest absolute Gasteiger partial charge is 0.444 e. The molecule has 0 aromatic carbocycles. The fourth-order valence-electron chi connectivity index (χ4n) is 3.82. The average Bonchev–Trinajstić information content (AvgIpc) is 2.58. The fourth-order valence-corrected chi connectivity index (χ4v) is 3.82. The Morgan fingerprint density at radius 3 is 2.36 bits per heavy atom. The van der Waals surface area contributed by atoms with Crippen LogP contribution in [0.5, 0.6) is 0 Å². The molecular weight excluding hydrogens is 356 g/mol. The van der Waals surface area contributed by atoms with Gasteiger partial charge in [0.05, 0.1) is 12.1 Å². The van der Waals surface area contributed by atoms with E-state index in [1.807, 2.05) is 27.7 Å². The zero-order valence-electron chi connectivity index (χ0n) is 18.6. The van der Waals surface area contributed by atoms with Crippen LogP contribution < -0.4 is 10.6 Å². The number of carbonyl (C=O) groups is 2. The number of aliphatic hydroxyl groups is 1. The number of alkyl carbamates (subject to hydrolysis) is 1. The molecule has 0 aromatic rings. The zero-order chi connectivity index (χ0) is 21.2. The number of hydrogen-bond acceptors (Lipinski definition) is 4. The summed E-state index contributed by atoms with van der Waals surface area (Å²) in [5.41, 5.74) is -0.578. The predicted octanol–water partition coefficient (Wildman–Crippen LogP) is 4.30. The maximum atomic E-state index is 12.3. The van der Waals surface area contributed by atoms with Crippen molar-refractivity contribution in [2.45, 2.75) is 123 Å². The number of amides is 2. The number of nitrogens with one attached hydrogen (secondary N) is 2. The van der Waals surface area contributed by atoms with Gasteiger partial charge >= 0.3 is 6.09 Å². The maximum Gasteiger partial charge on any atom is 0.407 e. The van der Waals surface area contributed by atoms with Crippen molar-refractivity contribution in [1.29, 1.82) is 0 Å². The molecule has 1 aliphatic rings. The SMILES string of the molecule is CCCCC(=O)N[C@H](C)C[C@H](O)[C@H](CC1CCCCC1)NC(=O)OC(C)(C)C. The number of rotatable bonds is 10. The van der Waals surface area contributed by atoms with Gasteiger partial charge in [0.15, 0.2) is 0 Å². The van der Waals surface area contributed by atoms with E-state index in [4.69, 9.17) is 4.74 Å². The van der Waals surface area contributed by atoms with Gasteiger partial charge in [0.1, 0.15) is 5.60 Å². The lowest BCUT2D eigenvalue weighted by atomic mass is 9.83. The van der Waals surface area contributed by atoms with Gasteiger partial charge in [-0.1, -0.05) is 45.4 Å². The van der Waals surface area contributed by atoms with Crippen LogP contribution in [-0.2, 0) is 9.53 Å². The third-order valence-corrected chi connectivity index (χ3v) is 5.24. The van der Waals surface area contributed by atoms with E-state index in [0.717, 1.165) is 32.1 Å². The second kappa shape index (κ2) is 12.3. The minimum atomic E-state index is -0.726. The lowest BCUT2D eigenvalue weighted by molar-refractivity contribution is -0.122. The van der Waals surface area contributed by atoms with Gasteiger partial charge in [-0.25, -0.2) is 4.79 Å². The Morgan fingerprint density at radius 2 is 1.79 bits per heavy atom. The van der Waals surface area contributed by atoms with Gasteiger partial charge in [-0.05, 0) is 52.9 Å². The van der Waals surface area contributed by atoms with Crippen LogP contribution in [0.25, 0.3) is 0 Å². The van der Waals surface area contributed by atoms with Gasteiger partial charge in [0, 0.05) is 12.5 Å². The maximum absolute atomic E-state index is 12.3. The molecule has 1 saturated carbocycles. The highest BCUT2D eigenvalue weighted by Crippen LogP contribution is 2.28. The first-order chi connectivity index (χ1) is 13.1. The Hall–Kier alpha value is -1.30. The van der Waals surface area contributed by atoms with E-state index in [1.165, 1.54) is 19.3 Å². The Balaban J connectivity index is 2.64. The zero-order valence-corrected chi connectivity index (χ0v) is 18.6. The van der Waals surface area contributed by atoms with Crippen molar-refractivity contribution in [3.63, 3.8) is 0 Å². The smallest absolute Gasteiger partial charge is 0.407 e. The molecule has 0 heterocycles. The fraction of sp³-hybridized carbons (Fsp3) is 0.909. The minimum absolute atomic E-state index is 0.0190. The summed E-state index contributed by atoms with van der Waals surface area (Å²) in [7, 11) is 0. The highest BCUT2D eigenvalue weighted by atomic mass is 16.6. The molecule has 6 nitrogen and oxygen atoms in total. The van der Waals surface area contributed by atoms with Crippen molar-refractivity contribution in [2.75, 3.05) is 0 Å². The topological polar surface area (TPSA) is 87.7 Å². The Labute approximate surface area is 171 Å². The van der Waals surface area contributed by atoms with Gasteiger partial charge in [0.2, 0.25) is 5.91 Å². The number of carbonyl (C=O) groups excluding carboxylic acids is 2. The first-order valence-corrected chi connectivity index (χ1v) is 11.1. The van der Waals surface area contributed by atoms with Crippen LogP contribution in [0, 0.1) is 5.92 Å². The third kappa shape index (κ3) is 10.9. The predicted molar refractivity (Wildman–Crippen MR) is 112 cm³/mol. The van der Waals surface area contributed by atoms with E-state index in [9.17, 15) is 14.7 Å². The first kappa shape index (κ1) is 24.7. The second-order valence-corrected chi connectivity index (χ2v) is 9.37. The second-order valence-electron chi connectivity index (χ2n) is 9.37. The van der Waals surface area contributed by atoms with Gasteiger partial charge in [-0.3, -0.25) is 4.79 Å². The van der Waals surface area contributed by atoms with E-state index in [0.29, 0.717) is 18.8 Å². The lowest BCUT2D eigenvalue weighted by Crippen LogP contribution is -2.48. The summed E-state index contributed by atoms with van der Waals surface area (Å²) in [6.07, 6.45) is 8.27. The molecule has 28 heavy (non-hydrogen) atoms. The Bertz CT molecular complexity index is 470. The minimum Gasteiger partial charge on any atom is -0.444 e. The Morgan fingerprint density at radius 1 is 1.14 bits per heavy atom. The van der Waals surface area contributed by atoms with Crippen LogP contribution in [-0.4, -0.2) is 40.9 Å². The van der Waals surface area contributed by atoms with Crippen LogP contribution in [0.3, 0.4) is 0 Å². The van der Waals surface area contributed by atoms with Crippen molar-refractivity contribution in [1.82, 2.24) is 10.6 Å². The van der Waals surface area contributed by atoms with E-state index in [1.54, 1.807) is 0 Å². The summed E-state index contributed by atoms with van der Waals surface area (Å²) in [6, 6.07) is -0.512. The molecule has 0 aliphatic heterocycles. The van der Waals surface area contributed by atoms with Crippen LogP contribution in [0.15, 0.2) is 0 Å². The van der Waals surface area contributed by atoms with Crippen LogP contribution >= 0.6 is 0 Å². The van der Waals surface area contributed by atoms with Crippen LogP contribution in [0.1, 0.15) is 98.8 Å². The molecule has 0 unspecified atom stereocenters. The molecular formula is C22H42N2O4. The molecule has 0 spiro atoms. The summed E-state index contributed by atoms with van der Waals surface area (Å²) >= 11 is 0. The van der Waals surface area contributed by atoms with Crippen LogP contribution in [0.4, 0.5) is 4.79 Å². The molecule has 0 radical (unpaired) electrons. The highest BCUT2D eigenvalue weighted by Gasteiger charge is 2.29. The van der Waals surface area contributed by atoms with Crippen molar-refractivity contribution in [2.24, 2.45) is 5.92 Å². The molecule has 2 amide bonds. The standard InChI is InChI=1S/C22H42N2O4/c1-6-7-13-20(26)23-16(2)14-19(25)18(15-17-11-9-8-10-12-17)24-21(27)28-22(3,4)5/h16-19,25H,6-15H2,1-5H3,(H,23,26)(H,24,27)/t16-,18+,19+/m1/s1. The molecule has 1 fully saturated rings. The summed E-state index contributed by atoms with van der Waals surface area (Å²) in [5.74, 6) is 0.531. The highest BCUT2D eigenvalue weighted by molar-refractivity contribution is 5.76. The number of unbranched alkanes of at least 4 members (excludes halogenated alkanes) is 1. The van der Waals surface area contributed by atoms with E-state index in [2.05, 4.69) is 17.6 Å². The monoisotopic (exact) mass is 398 g/mol. The van der Waals surface area contributed by atoms with Crippen molar-refractivity contribution >= 4 is 12.0 Å². The summed E-state index contributed by atoms with van der Waals surface area (Å²) < 4.78 is 5.39. The molecule has 1 rings (SSSR count). The number of ether oxygens (including phenoxy) is 1. The van der Waals surface area contributed by atoms with Gasteiger partial charge in [0.25, 0.3) is 0 Å². The summed E-state index contributed by atoms with van der Waals surface area (Å²) in [5, 5.41) is 16.7. The average molecular weight is 399 g/mol. The molecule has 3 atom stereocenters. The van der Waals surface area contributed by atoms with Crippen molar-refractivity contribution in [3.05, 3.63) is 0 Å². The Kier molecular flexibility index (Phi) is 10.9. The van der Waals surface area contributed by atoms with Crippen LogP contribution in [0.2, 0.25) is 0 Å². The third-order valence-electron chi connectivity index (χ3n) is 5.24. The molecule has 3 N–H and O–H groups in total. The van der Waals surface area contributed by atoms with Crippen molar-refractivity contribution < 1.29 is 19.4 Å².